The molecule has 0 aliphatic carbocycles. The van der Waals surface area contributed by atoms with E-state index < -0.39 is 0 Å². The maximum absolute atomic E-state index is 4.14. The summed E-state index contributed by atoms with van der Waals surface area (Å²) in [5, 5.41) is 3.39. The van der Waals surface area contributed by atoms with Crippen LogP contribution in [-0.2, 0) is 0 Å². The van der Waals surface area contributed by atoms with E-state index in [2.05, 4.69) is 17.0 Å². The second-order valence-corrected chi connectivity index (χ2v) is 3.28. The SMILES string of the molecule is CC1C[Se]C=N1. The van der Waals surface area contributed by atoms with E-state index in [1.54, 1.807) is 0 Å². The van der Waals surface area contributed by atoms with Crippen LogP contribution >= 0.6 is 0 Å². The summed E-state index contributed by atoms with van der Waals surface area (Å²) >= 11 is 0.749. The van der Waals surface area contributed by atoms with Crippen LogP contribution in [0.3, 0.4) is 0 Å². The van der Waals surface area contributed by atoms with Crippen molar-refractivity contribution in [3.8, 4) is 0 Å². The molecule has 1 atom stereocenters. The maximum atomic E-state index is 4.14. The molecule has 1 aliphatic heterocycles. The molecule has 1 rings (SSSR count). The predicted octanol–water partition coefficient (Wildman–Crippen LogP) is 0.539. The third-order valence-corrected chi connectivity index (χ3v) is 2.71. The molecule has 0 aromatic rings. The Balaban J connectivity index is 2.38. The molecule has 0 radical (unpaired) electrons. The third-order valence-electron chi connectivity index (χ3n) is 0.727. The summed E-state index contributed by atoms with van der Waals surface area (Å²) in [6.07, 6.45) is 0. The summed E-state index contributed by atoms with van der Waals surface area (Å²) in [7, 11) is 0. The standard InChI is InChI=1S/C4H7NSe/c1-4-2-6-3-5-4/h3-4H,2H2,1H3. The van der Waals surface area contributed by atoms with Crippen LogP contribution in [0.15, 0.2) is 4.99 Å². The van der Waals surface area contributed by atoms with E-state index in [0.717, 1.165) is 15.0 Å². The molecule has 2 heteroatoms. The van der Waals surface area contributed by atoms with Crippen LogP contribution in [0.2, 0.25) is 5.32 Å². The number of hydrogen-bond acceptors (Lipinski definition) is 1. The van der Waals surface area contributed by atoms with Crippen LogP contribution < -0.4 is 0 Å². The Morgan fingerprint density at radius 3 is 3.00 bits per heavy atom. The van der Waals surface area contributed by atoms with Crippen LogP contribution in [0.5, 0.6) is 0 Å². The minimum atomic E-state index is 0.644. The van der Waals surface area contributed by atoms with Gasteiger partial charge < -0.3 is 0 Å². The zero-order valence-electron chi connectivity index (χ0n) is 3.72. The van der Waals surface area contributed by atoms with Gasteiger partial charge in [-0.1, -0.05) is 0 Å². The van der Waals surface area contributed by atoms with Gasteiger partial charge in [0.1, 0.15) is 0 Å². The Morgan fingerprint density at radius 1 is 2.00 bits per heavy atom. The van der Waals surface area contributed by atoms with Gasteiger partial charge in [-0.3, -0.25) is 0 Å². The van der Waals surface area contributed by atoms with Gasteiger partial charge in [-0.25, -0.2) is 0 Å². The molecule has 0 aromatic heterocycles. The molecule has 0 saturated heterocycles. The van der Waals surface area contributed by atoms with Crippen LogP contribution in [0, 0.1) is 0 Å². The molecule has 0 N–H and O–H groups in total. The van der Waals surface area contributed by atoms with E-state index in [1.165, 1.54) is 5.32 Å². The zero-order chi connectivity index (χ0) is 4.41. The second-order valence-electron chi connectivity index (χ2n) is 1.44. The van der Waals surface area contributed by atoms with Crippen LogP contribution in [-0.4, -0.2) is 26.1 Å². The first-order chi connectivity index (χ1) is 2.89. The summed E-state index contributed by atoms with van der Waals surface area (Å²) in [6.45, 7) is 2.16. The fraction of sp³-hybridized carbons (Fsp3) is 0.750. The summed E-state index contributed by atoms with van der Waals surface area (Å²) in [5.41, 5.74) is 0. The van der Waals surface area contributed by atoms with Crippen molar-refractivity contribution in [3.05, 3.63) is 0 Å². The fourth-order valence-corrected chi connectivity index (χ4v) is 1.93. The molecule has 34 valence electrons. The summed E-state index contributed by atoms with van der Waals surface area (Å²) in [4.78, 5) is 4.14. The van der Waals surface area contributed by atoms with Gasteiger partial charge in [-0.05, 0) is 0 Å². The number of hydrogen-bond donors (Lipinski definition) is 0. The van der Waals surface area contributed by atoms with Gasteiger partial charge in [-0.2, -0.15) is 0 Å². The Kier molecular flexibility index (Phi) is 1.28. The second kappa shape index (κ2) is 1.76. The Bertz CT molecular complexity index is 69.9. The van der Waals surface area contributed by atoms with Crippen LogP contribution in [0.4, 0.5) is 0 Å². The predicted molar refractivity (Wildman–Crippen MR) is 28.5 cm³/mol. The van der Waals surface area contributed by atoms with Gasteiger partial charge in [0, 0.05) is 0 Å². The molecule has 0 aromatic carbocycles. The van der Waals surface area contributed by atoms with Crippen molar-refractivity contribution in [2.24, 2.45) is 4.99 Å². The summed E-state index contributed by atoms with van der Waals surface area (Å²) < 4.78 is 0. The van der Waals surface area contributed by atoms with Crippen molar-refractivity contribution >= 4 is 20.1 Å². The average molecular weight is 148 g/mol. The third kappa shape index (κ3) is 0.825. The molecule has 1 nitrogen and oxygen atoms in total. The molecule has 0 fully saturated rings. The van der Waals surface area contributed by atoms with Crippen molar-refractivity contribution in [2.75, 3.05) is 0 Å². The van der Waals surface area contributed by atoms with Gasteiger partial charge in [0.25, 0.3) is 0 Å². The Morgan fingerprint density at radius 2 is 2.83 bits per heavy atom. The molecular formula is C4H7NSe. The van der Waals surface area contributed by atoms with E-state index in [-0.39, 0.29) is 0 Å². The van der Waals surface area contributed by atoms with E-state index in [0.29, 0.717) is 6.04 Å². The molecule has 0 bridgehead atoms. The van der Waals surface area contributed by atoms with E-state index >= 15 is 0 Å². The summed E-state index contributed by atoms with van der Waals surface area (Å²) in [6, 6.07) is 0.644. The quantitative estimate of drug-likeness (QED) is 0.444. The van der Waals surface area contributed by atoms with E-state index in [9.17, 15) is 0 Å². The van der Waals surface area contributed by atoms with Gasteiger partial charge in [0.2, 0.25) is 0 Å². The number of rotatable bonds is 0. The van der Waals surface area contributed by atoms with Crippen molar-refractivity contribution in [1.82, 2.24) is 0 Å². The molecule has 1 unspecified atom stereocenters. The van der Waals surface area contributed by atoms with Gasteiger partial charge >= 0.3 is 43.3 Å². The monoisotopic (exact) mass is 149 g/mol. The Hall–Kier alpha value is 0.189. The van der Waals surface area contributed by atoms with E-state index in [1.807, 2.05) is 0 Å². The topological polar surface area (TPSA) is 12.4 Å². The molecule has 1 heterocycles. The van der Waals surface area contributed by atoms with E-state index in [4.69, 9.17) is 0 Å². The molecule has 0 saturated carbocycles. The molecule has 1 aliphatic rings. The average Bonchev–Trinajstić information content (AvgIpc) is 1.86. The first kappa shape index (κ1) is 4.35. The molecule has 0 amide bonds. The van der Waals surface area contributed by atoms with Crippen molar-refractivity contribution in [3.63, 3.8) is 0 Å². The number of aliphatic imine (C=N–C) groups is 1. The van der Waals surface area contributed by atoms with Gasteiger partial charge in [0.15, 0.2) is 0 Å². The molecule has 6 heavy (non-hydrogen) atoms. The first-order valence-corrected chi connectivity index (χ1v) is 4.23. The molecule has 0 spiro atoms. The van der Waals surface area contributed by atoms with Gasteiger partial charge in [-0.15, -0.1) is 0 Å². The first-order valence-electron chi connectivity index (χ1n) is 2.03. The molecular weight excluding hydrogens is 141 g/mol. The zero-order valence-corrected chi connectivity index (χ0v) is 5.43. The number of nitrogens with zero attached hydrogens (tertiary/aromatic N) is 1. The fourth-order valence-electron chi connectivity index (χ4n) is 0.372. The van der Waals surface area contributed by atoms with Crippen LogP contribution in [0.1, 0.15) is 6.92 Å². The van der Waals surface area contributed by atoms with Crippen molar-refractivity contribution in [2.45, 2.75) is 18.3 Å². The summed E-state index contributed by atoms with van der Waals surface area (Å²) in [5.74, 6) is 0. The minimum absolute atomic E-state index is 0.644. The van der Waals surface area contributed by atoms with Gasteiger partial charge in [0.05, 0.1) is 0 Å². The normalized spacial score (nSPS) is 31.8. The van der Waals surface area contributed by atoms with Crippen molar-refractivity contribution < 1.29 is 0 Å². The van der Waals surface area contributed by atoms with Crippen molar-refractivity contribution in [1.29, 1.82) is 0 Å². The van der Waals surface area contributed by atoms with Crippen LogP contribution in [0.25, 0.3) is 0 Å². The Labute approximate surface area is 44.0 Å².